The predicted octanol–water partition coefficient (Wildman–Crippen LogP) is 4.39. The second kappa shape index (κ2) is 16.2. The van der Waals surface area contributed by atoms with E-state index in [1.807, 2.05) is 0 Å². The summed E-state index contributed by atoms with van der Waals surface area (Å²) in [5.41, 5.74) is 0. The minimum absolute atomic E-state index is 0.128. The van der Waals surface area contributed by atoms with Gasteiger partial charge in [-0.25, -0.2) is 0 Å². The second-order valence-electron chi connectivity index (χ2n) is 5.02. The Morgan fingerprint density at radius 2 is 0.818 bits per heavy atom. The highest BCUT2D eigenvalue weighted by Gasteiger charge is 2.11. The lowest BCUT2D eigenvalue weighted by Gasteiger charge is -2.19. The first-order valence-corrected chi connectivity index (χ1v) is 11.5. The third-order valence-electron chi connectivity index (χ3n) is 3.33. The molecule has 0 aliphatic heterocycles. The number of rotatable bonds is 13. The summed E-state index contributed by atoms with van der Waals surface area (Å²) in [6.45, 7) is 0. The van der Waals surface area contributed by atoms with Crippen LogP contribution in [-0.2, 0) is 0 Å². The molecule has 0 fully saturated rings. The molecule has 0 aliphatic rings. The Kier molecular flexibility index (Phi) is 15.3. The largest absolute Gasteiger partial charge is 0.198 e. The molecule has 0 bridgehead atoms. The van der Waals surface area contributed by atoms with E-state index in [1.54, 1.807) is 0 Å². The van der Waals surface area contributed by atoms with Crippen molar-refractivity contribution in [2.45, 2.75) is 38.5 Å². The zero-order chi connectivity index (χ0) is 16.5. The van der Waals surface area contributed by atoms with Crippen molar-refractivity contribution in [2.75, 3.05) is 37.0 Å². The average Bonchev–Trinajstić information content (AvgIpc) is 2.54. The Labute approximate surface area is 137 Å². The predicted molar refractivity (Wildman–Crippen MR) is 93.2 cm³/mol. The summed E-state index contributed by atoms with van der Waals surface area (Å²) in [5.74, 6) is 0. The van der Waals surface area contributed by atoms with E-state index in [1.165, 1.54) is 6.16 Å². The fraction of sp³-hybridized carbons (Fsp3) is 0.750. The zero-order valence-electron chi connectivity index (χ0n) is 13.2. The van der Waals surface area contributed by atoms with Gasteiger partial charge in [0.15, 0.2) is 0 Å². The summed E-state index contributed by atoms with van der Waals surface area (Å²) >= 11 is 0. The van der Waals surface area contributed by atoms with Gasteiger partial charge in [0.1, 0.15) is 0 Å². The van der Waals surface area contributed by atoms with E-state index < -0.39 is 0 Å². The quantitative estimate of drug-likeness (QED) is 0.369. The first-order chi connectivity index (χ1) is 10.8. The summed E-state index contributed by atoms with van der Waals surface area (Å²) in [6, 6.07) is 8.83. The van der Waals surface area contributed by atoms with Crippen molar-refractivity contribution in [3.05, 3.63) is 0 Å². The lowest BCUT2D eigenvalue weighted by Crippen LogP contribution is -2.00. The molecule has 4 nitrogen and oxygen atoms in total. The van der Waals surface area contributed by atoms with Crippen molar-refractivity contribution in [2.24, 2.45) is 0 Å². The molecule has 0 aromatic heterocycles. The van der Waals surface area contributed by atoms with Gasteiger partial charge in [-0.3, -0.25) is 0 Å². The molecular formula is C16H24N4P2. The highest BCUT2D eigenvalue weighted by molar-refractivity contribution is 7.58. The Morgan fingerprint density at radius 1 is 0.455 bits per heavy atom. The van der Waals surface area contributed by atoms with E-state index in [0.717, 1.165) is 43.7 Å². The fourth-order valence-corrected chi connectivity index (χ4v) is 6.85. The SMILES string of the molecule is N#CCCCP(CCC#N)CCCP(CCC#N)CCC#N. The van der Waals surface area contributed by atoms with Crippen LogP contribution in [0.1, 0.15) is 38.5 Å². The number of nitrogens with zero attached hydrogens (tertiary/aromatic N) is 4. The van der Waals surface area contributed by atoms with Crippen LogP contribution >= 0.6 is 15.8 Å². The summed E-state index contributed by atoms with van der Waals surface area (Å²) in [6.07, 6.45) is 10.8. The van der Waals surface area contributed by atoms with Gasteiger partial charge in [-0.05, 0) is 49.8 Å². The molecule has 118 valence electrons. The van der Waals surface area contributed by atoms with Crippen LogP contribution in [0.3, 0.4) is 0 Å². The average molecular weight is 334 g/mol. The molecule has 0 saturated carbocycles. The molecule has 1 atom stereocenters. The first kappa shape index (κ1) is 20.8. The minimum Gasteiger partial charge on any atom is -0.198 e. The van der Waals surface area contributed by atoms with E-state index >= 15 is 0 Å². The van der Waals surface area contributed by atoms with Crippen LogP contribution in [0.4, 0.5) is 0 Å². The molecule has 0 amide bonds. The van der Waals surface area contributed by atoms with Crippen LogP contribution in [0.5, 0.6) is 0 Å². The van der Waals surface area contributed by atoms with Crippen molar-refractivity contribution in [1.29, 1.82) is 21.0 Å². The van der Waals surface area contributed by atoms with Gasteiger partial charge in [0.25, 0.3) is 0 Å². The minimum atomic E-state index is -0.184. The maximum atomic E-state index is 8.74. The molecule has 22 heavy (non-hydrogen) atoms. The van der Waals surface area contributed by atoms with Crippen LogP contribution in [0, 0.1) is 45.3 Å². The van der Waals surface area contributed by atoms with Gasteiger partial charge < -0.3 is 0 Å². The molecule has 0 radical (unpaired) electrons. The summed E-state index contributed by atoms with van der Waals surface area (Å²) < 4.78 is 0. The Bertz CT molecular complexity index is 421. The van der Waals surface area contributed by atoms with Gasteiger partial charge in [-0.2, -0.15) is 21.0 Å². The van der Waals surface area contributed by atoms with Crippen LogP contribution in [-0.4, -0.2) is 37.0 Å². The molecule has 0 aromatic rings. The van der Waals surface area contributed by atoms with Crippen molar-refractivity contribution in [3.8, 4) is 24.3 Å². The molecule has 1 unspecified atom stereocenters. The maximum absolute atomic E-state index is 8.74. The number of unbranched alkanes of at least 4 members (excludes halogenated alkanes) is 1. The van der Waals surface area contributed by atoms with Gasteiger partial charge in [-0.15, -0.1) is 15.8 Å². The summed E-state index contributed by atoms with van der Waals surface area (Å²) in [7, 11) is -0.312. The normalized spacial score (nSPS) is 11.1. The Hall–Kier alpha value is -1.18. The van der Waals surface area contributed by atoms with Crippen LogP contribution in [0.25, 0.3) is 0 Å². The standard InChI is InChI=1S/C16H24N4P2/c17-7-1-2-11-21(12-3-8-18)15-6-16-22(13-4-9-19)14-5-10-20/h1-6,11-16H2. The third-order valence-corrected chi connectivity index (χ3v) is 8.75. The molecular weight excluding hydrogens is 310 g/mol. The van der Waals surface area contributed by atoms with Crippen molar-refractivity contribution in [3.63, 3.8) is 0 Å². The fourth-order valence-electron chi connectivity index (χ4n) is 2.19. The highest BCUT2D eigenvalue weighted by Crippen LogP contribution is 2.42. The van der Waals surface area contributed by atoms with Gasteiger partial charge in [-0.1, -0.05) is 0 Å². The van der Waals surface area contributed by atoms with Gasteiger partial charge in [0.2, 0.25) is 0 Å². The monoisotopic (exact) mass is 334 g/mol. The van der Waals surface area contributed by atoms with Crippen LogP contribution in [0.15, 0.2) is 0 Å². The first-order valence-electron chi connectivity index (χ1n) is 7.71. The van der Waals surface area contributed by atoms with Gasteiger partial charge >= 0.3 is 0 Å². The maximum Gasteiger partial charge on any atom is 0.0625 e. The van der Waals surface area contributed by atoms with E-state index in [4.69, 9.17) is 21.0 Å². The van der Waals surface area contributed by atoms with Crippen LogP contribution < -0.4 is 0 Å². The van der Waals surface area contributed by atoms with Crippen molar-refractivity contribution >= 4 is 15.8 Å². The van der Waals surface area contributed by atoms with E-state index in [9.17, 15) is 0 Å². The molecule has 0 aliphatic carbocycles. The lowest BCUT2D eigenvalue weighted by molar-refractivity contribution is 0.960. The van der Waals surface area contributed by atoms with E-state index in [0.29, 0.717) is 25.7 Å². The number of hydrogen-bond donors (Lipinski definition) is 0. The zero-order valence-corrected chi connectivity index (χ0v) is 15.0. The van der Waals surface area contributed by atoms with Crippen LogP contribution in [0.2, 0.25) is 0 Å². The highest BCUT2D eigenvalue weighted by atomic mass is 31.1. The molecule has 0 rings (SSSR count). The molecule has 0 aromatic carbocycles. The smallest absolute Gasteiger partial charge is 0.0625 e. The molecule has 0 spiro atoms. The van der Waals surface area contributed by atoms with Gasteiger partial charge in [0.05, 0.1) is 24.3 Å². The molecule has 6 heteroatoms. The second-order valence-corrected chi connectivity index (χ2v) is 10.4. The Balaban J connectivity index is 4.12. The molecule has 0 heterocycles. The summed E-state index contributed by atoms with van der Waals surface area (Å²) in [5, 5.41) is 34.8. The third kappa shape index (κ3) is 12.6. The Morgan fingerprint density at radius 3 is 1.23 bits per heavy atom. The van der Waals surface area contributed by atoms with Crippen molar-refractivity contribution < 1.29 is 0 Å². The van der Waals surface area contributed by atoms with E-state index in [-0.39, 0.29) is 15.8 Å². The molecule has 0 N–H and O–H groups in total. The van der Waals surface area contributed by atoms with Gasteiger partial charge in [0, 0.05) is 25.7 Å². The van der Waals surface area contributed by atoms with E-state index in [2.05, 4.69) is 24.3 Å². The summed E-state index contributed by atoms with van der Waals surface area (Å²) in [4.78, 5) is 0. The lowest BCUT2D eigenvalue weighted by atomic mass is 10.4. The van der Waals surface area contributed by atoms with Crippen molar-refractivity contribution in [1.82, 2.24) is 0 Å². The number of nitriles is 4. The topological polar surface area (TPSA) is 95.2 Å². The number of hydrogen-bond acceptors (Lipinski definition) is 4. The molecule has 0 saturated heterocycles.